The maximum absolute atomic E-state index is 5.69. The van der Waals surface area contributed by atoms with Gasteiger partial charge in [-0.05, 0) is 59.6 Å². The first-order chi connectivity index (χ1) is 8.72. The van der Waals surface area contributed by atoms with E-state index in [1.165, 1.54) is 25.7 Å². The Morgan fingerprint density at radius 2 is 2.11 bits per heavy atom. The van der Waals surface area contributed by atoms with E-state index in [-0.39, 0.29) is 0 Å². The normalized spacial score (nSPS) is 26.2. The van der Waals surface area contributed by atoms with Gasteiger partial charge < -0.3 is 9.73 Å². The second-order valence-electron chi connectivity index (χ2n) is 5.58. The van der Waals surface area contributed by atoms with Crippen molar-refractivity contribution in [3.8, 4) is 0 Å². The second kappa shape index (κ2) is 6.76. The first-order valence-corrected chi connectivity index (χ1v) is 7.98. The molecule has 1 aliphatic carbocycles. The van der Waals surface area contributed by atoms with E-state index < -0.39 is 0 Å². The molecule has 0 saturated heterocycles. The quantitative estimate of drug-likeness (QED) is 0.835. The van der Waals surface area contributed by atoms with Crippen molar-refractivity contribution in [2.45, 2.75) is 52.0 Å². The maximum Gasteiger partial charge on any atom is 0.135 e. The van der Waals surface area contributed by atoms with Crippen LogP contribution in [0.3, 0.4) is 0 Å². The highest BCUT2D eigenvalue weighted by atomic mass is 79.9. The molecule has 0 aliphatic heterocycles. The van der Waals surface area contributed by atoms with Gasteiger partial charge in [0.15, 0.2) is 0 Å². The Morgan fingerprint density at radius 1 is 1.39 bits per heavy atom. The van der Waals surface area contributed by atoms with Gasteiger partial charge in [-0.3, -0.25) is 0 Å². The monoisotopic (exact) mass is 313 g/mol. The van der Waals surface area contributed by atoms with Crippen LogP contribution in [0.15, 0.2) is 21.2 Å². The van der Waals surface area contributed by atoms with Crippen LogP contribution in [0.2, 0.25) is 0 Å². The third-order valence-electron chi connectivity index (χ3n) is 4.07. The summed E-state index contributed by atoms with van der Waals surface area (Å²) in [5.41, 5.74) is 0. The molecule has 1 heterocycles. The molecule has 2 rings (SSSR count). The van der Waals surface area contributed by atoms with Crippen molar-refractivity contribution in [1.29, 1.82) is 0 Å². The summed E-state index contributed by atoms with van der Waals surface area (Å²) in [6.07, 6.45) is 8.29. The molecular formula is C15H24BrNO. The van der Waals surface area contributed by atoms with Gasteiger partial charge in [0.25, 0.3) is 0 Å². The Labute approximate surface area is 119 Å². The number of nitrogens with one attached hydrogen (secondary N) is 1. The highest BCUT2D eigenvalue weighted by Crippen LogP contribution is 2.39. The molecule has 0 bridgehead atoms. The minimum absolute atomic E-state index is 0.377. The van der Waals surface area contributed by atoms with Crippen molar-refractivity contribution in [1.82, 2.24) is 5.32 Å². The lowest BCUT2D eigenvalue weighted by Gasteiger charge is -2.32. The van der Waals surface area contributed by atoms with Crippen LogP contribution in [0.5, 0.6) is 0 Å². The van der Waals surface area contributed by atoms with Crippen LogP contribution in [-0.4, -0.2) is 6.54 Å². The molecule has 1 aliphatic rings. The highest BCUT2D eigenvalue weighted by molar-refractivity contribution is 9.10. The molecule has 1 saturated carbocycles. The molecule has 1 N–H and O–H groups in total. The van der Waals surface area contributed by atoms with Crippen LogP contribution in [-0.2, 0) is 0 Å². The molecule has 1 aromatic heterocycles. The molecule has 0 aromatic carbocycles. The fraction of sp³-hybridized carbons (Fsp3) is 0.733. The summed E-state index contributed by atoms with van der Waals surface area (Å²) in [4.78, 5) is 0. The minimum atomic E-state index is 0.377. The molecular weight excluding hydrogens is 290 g/mol. The minimum Gasteiger partial charge on any atom is -0.466 e. The number of hydrogen-bond acceptors (Lipinski definition) is 2. The van der Waals surface area contributed by atoms with Crippen LogP contribution < -0.4 is 5.32 Å². The lowest BCUT2D eigenvalue weighted by atomic mass is 9.78. The first-order valence-electron chi connectivity index (χ1n) is 7.18. The molecule has 18 heavy (non-hydrogen) atoms. The van der Waals surface area contributed by atoms with Crippen LogP contribution in [0.4, 0.5) is 0 Å². The summed E-state index contributed by atoms with van der Waals surface area (Å²) >= 11 is 3.60. The summed E-state index contributed by atoms with van der Waals surface area (Å²) in [6, 6.07) is 2.38. The second-order valence-corrected chi connectivity index (χ2v) is 6.44. The number of rotatable bonds is 5. The Kier molecular flexibility index (Phi) is 5.31. The molecule has 102 valence electrons. The lowest BCUT2D eigenvalue weighted by molar-refractivity contribution is 0.212. The molecule has 0 amide bonds. The van der Waals surface area contributed by atoms with Crippen molar-refractivity contribution in [3.63, 3.8) is 0 Å². The van der Waals surface area contributed by atoms with Crippen molar-refractivity contribution >= 4 is 15.9 Å². The van der Waals surface area contributed by atoms with E-state index in [4.69, 9.17) is 4.42 Å². The van der Waals surface area contributed by atoms with E-state index >= 15 is 0 Å². The highest BCUT2D eigenvalue weighted by Gasteiger charge is 2.29. The van der Waals surface area contributed by atoms with Gasteiger partial charge in [-0.25, -0.2) is 0 Å². The fourth-order valence-corrected chi connectivity index (χ4v) is 3.37. The van der Waals surface area contributed by atoms with E-state index in [0.717, 1.165) is 35.0 Å². The number of furan rings is 1. The SMILES string of the molecule is CCCNC(c1occc1Br)C1CCC(C)CC1. The van der Waals surface area contributed by atoms with Gasteiger partial charge in [-0.2, -0.15) is 0 Å². The zero-order valence-electron chi connectivity index (χ0n) is 11.4. The van der Waals surface area contributed by atoms with Crippen molar-refractivity contribution in [2.75, 3.05) is 6.54 Å². The van der Waals surface area contributed by atoms with Gasteiger partial charge in [0.1, 0.15) is 5.76 Å². The van der Waals surface area contributed by atoms with Crippen LogP contribution in [0, 0.1) is 11.8 Å². The molecule has 2 nitrogen and oxygen atoms in total. The molecule has 1 fully saturated rings. The predicted molar refractivity (Wildman–Crippen MR) is 78.6 cm³/mol. The fourth-order valence-electron chi connectivity index (χ4n) is 2.92. The molecule has 0 radical (unpaired) electrons. The topological polar surface area (TPSA) is 25.2 Å². The van der Waals surface area contributed by atoms with E-state index in [0.29, 0.717) is 6.04 Å². The van der Waals surface area contributed by atoms with E-state index in [9.17, 15) is 0 Å². The molecule has 0 spiro atoms. The van der Waals surface area contributed by atoms with Crippen LogP contribution in [0.25, 0.3) is 0 Å². The summed E-state index contributed by atoms with van der Waals surface area (Å²) in [5.74, 6) is 2.70. The Balaban J connectivity index is 2.07. The largest absolute Gasteiger partial charge is 0.466 e. The molecule has 1 unspecified atom stereocenters. The van der Waals surface area contributed by atoms with Gasteiger partial charge in [0.2, 0.25) is 0 Å². The van der Waals surface area contributed by atoms with Crippen LogP contribution >= 0.6 is 15.9 Å². The summed E-state index contributed by atoms with van der Waals surface area (Å²) in [5, 5.41) is 3.67. The standard InChI is InChI=1S/C15H24BrNO/c1-3-9-17-14(15-13(16)8-10-18-15)12-6-4-11(2)5-7-12/h8,10-12,14,17H,3-7,9H2,1-2H3. The molecule has 1 aromatic rings. The Morgan fingerprint density at radius 3 is 2.67 bits per heavy atom. The van der Waals surface area contributed by atoms with E-state index in [1.54, 1.807) is 6.26 Å². The Hall–Kier alpha value is -0.280. The zero-order chi connectivity index (χ0) is 13.0. The van der Waals surface area contributed by atoms with Crippen LogP contribution in [0.1, 0.15) is 57.8 Å². The van der Waals surface area contributed by atoms with Crippen molar-refractivity contribution in [3.05, 3.63) is 22.6 Å². The van der Waals surface area contributed by atoms with Gasteiger partial charge in [-0.15, -0.1) is 0 Å². The van der Waals surface area contributed by atoms with Crippen molar-refractivity contribution < 1.29 is 4.42 Å². The lowest BCUT2D eigenvalue weighted by Crippen LogP contribution is -2.31. The van der Waals surface area contributed by atoms with Gasteiger partial charge >= 0.3 is 0 Å². The van der Waals surface area contributed by atoms with E-state index in [2.05, 4.69) is 35.1 Å². The molecule has 1 atom stereocenters. The average molecular weight is 314 g/mol. The smallest absolute Gasteiger partial charge is 0.135 e. The summed E-state index contributed by atoms with van der Waals surface area (Å²) < 4.78 is 6.80. The average Bonchev–Trinajstić information content (AvgIpc) is 2.78. The zero-order valence-corrected chi connectivity index (χ0v) is 13.0. The van der Waals surface area contributed by atoms with E-state index in [1.807, 2.05) is 6.07 Å². The first kappa shape index (κ1) is 14.1. The predicted octanol–water partition coefficient (Wildman–Crippen LogP) is 4.91. The summed E-state index contributed by atoms with van der Waals surface area (Å²) in [6.45, 7) is 5.64. The van der Waals surface area contributed by atoms with Gasteiger partial charge in [0, 0.05) is 0 Å². The summed E-state index contributed by atoms with van der Waals surface area (Å²) in [7, 11) is 0. The number of hydrogen-bond donors (Lipinski definition) is 1. The van der Waals surface area contributed by atoms with Gasteiger partial charge in [0.05, 0.1) is 16.8 Å². The maximum atomic E-state index is 5.69. The number of halogens is 1. The van der Waals surface area contributed by atoms with Gasteiger partial charge in [-0.1, -0.05) is 26.7 Å². The Bertz CT molecular complexity index is 355. The third kappa shape index (κ3) is 3.39. The van der Waals surface area contributed by atoms with Crippen molar-refractivity contribution in [2.24, 2.45) is 11.8 Å². The molecule has 3 heteroatoms. The third-order valence-corrected chi connectivity index (χ3v) is 4.73.